The first-order chi connectivity index (χ1) is 11.2. The second kappa shape index (κ2) is 7.01. The van der Waals surface area contributed by atoms with Gasteiger partial charge in [0.2, 0.25) is 11.9 Å². The van der Waals surface area contributed by atoms with Gasteiger partial charge in [0, 0.05) is 32.0 Å². The molecule has 0 radical (unpaired) electrons. The van der Waals surface area contributed by atoms with E-state index >= 15 is 0 Å². The van der Waals surface area contributed by atoms with Crippen LogP contribution in [0.25, 0.3) is 0 Å². The molecule has 0 aromatic carbocycles. The molecule has 0 aliphatic carbocycles. The normalized spacial score (nSPS) is 17.7. The lowest BCUT2D eigenvalue weighted by Crippen LogP contribution is -2.57. The van der Waals surface area contributed by atoms with Crippen molar-refractivity contribution < 1.29 is 4.79 Å². The molecule has 0 bridgehead atoms. The molecule has 3 heterocycles. The van der Waals surface area contributed by atoms with Crippen LogP contribution in [-0.4, -0.2) is 46.5 Å². The molecule has 1 aliphatic heterocycles. The number of pyridine rings is 1. The smallest absolute Gasteiger partial charge is 0.239 e. The van der Waals surface area contributed by atoms with Crippen molar-refractivity contribution in [3.05, 3.63) is 42.4 Å². The fraction of sp³-hybridized carbons (Fsp3) is 0.333. The third-order valence-corrected chi connectivity index (χ3v) is 3.65. The van der Waals surface area contributed by atoms with Gasteiger partial charge in [-0.3, -0.25) is 9.78 Å². The maximum atomic E-state index is 12.3. The highest BCUT2D eigenvalue weighted by molar-refractivity contribution is 5.82. The fourth-order valence-electron chi connectivity index (χ4n) is 2.48. The molecule has 3 rings (SSSR count). The number of nitrogens with two attached hydrogens (primary N) is 1. The van der Waals surface area contributed by atoms with E-state index in [-0.39, 0.29) is 17.9 Å². The lowest BCUT2D eigenvalue weighted by Gasteiger charge is -2.33. The van der Waals surface area contributed by atoms with E-state index < -0.39 is 0 Å². The lowest BCUT2D eigenvalue weighted by molar-refractivity contribution is -0.123. The molecule has 8 heteroatoms. The Morgan fingerprint density at radius 1 is 1.35 bits per heavy atom. The van der Waals surface area contributed by atoms with Crippen LogP contribution < -0.4 is 21.3 Å². The minimum Gasteiger partial charge on any atom is -0.368 e. The van der Waals surface area contributed by atoms with Crippen LogP contribution in [0.15, 0.2) is 36.7 Å². The molecule has 0 spiro atoms. The molecular weight excluding hydrogens is 294 g/mol. The number of anilines is 2. The van der Waals surface area contributed by atoms with Gasteiger partial charge < -0.3 is 21.3 Å². The van der Waals surface area contributed by atoms with Gasteiger partial charge in [-0.15, -0.1) is 0 Å². The summed E-state index contributed by atoms with van der Waals surface area (Å²) in [5.74, 6) is 0.918. The van der Waals surface area contributed by atoms with Crippen molar-refractivity contribution in [2.24, 2.45) is 0 Å². The Balaban J connectivity index is 1.58. The van der Waals surface area contributed by atoms with Crippen molar-refractivity contribution in [1.29, 1.82) is 0 Å². The van der Waals surface area contributed by atoms with Crippen LogP contribution in [0.1, 0.15) is 5.69 Å². The van der Waals surface area contributed by atoms with Crippen molar-refractivity contribution >= 4 is 17.7 Å². The molecule has 0 saturated carbocycles. The molecular formula is C15H19N7O. The van der Waals surface area contributed by atoms with Crippen molar-refractivity contribution in [3.8, 4) is 0 Å². The lowest BCUT2D eigenvalue weighted by atomic mass is 10.2. The van der Waals surface area contributed by atoms with E-state index in [4.69, 9.17) is 5.73 Å². The van der Waals surface area contributed by atoms with Crippen molar-refractivity contribution in [2.75, 3.05) is 30.3 Å². The number of carbonyl (C=O) groups is 1. The number of hydrogen-bond donors (Lipinski definition) is 3. The van der Waals surface area contributed by atoms with Crippen LogP contribution >= 0.6 is 0 Å². The molecule has 4 N–H and O–H groups in total. The van der Waals surface area contributed by atoms with Crippen LogP contribution in [0, 0.1) is 0 Å². The van der Waals surface area contributed by atoms with E-state index in [1.165, 1.54) is 0 Å². The van der Waals surface area contributed by atoms with Crippen LogP contribution in [0.3, 0.4) is 0 Å². The van der Waals surface area contributed by atoms with E-state index in [0.29, 0.717) is 19.6 Å². The molecule has 1 fully saturated rings. The van der Waals surface area contributed by atoms with Crippen LogP contribution in [0.5, 0.6) is 0 Å². The molecule has 2 aromatic rings. The second-order valence-electron chi connectivity index (χ2n) is 5.26. The summed E-state index contributed by atoms with van der Waals surface area (Å²) < 4.78 is 0. The van der Waals surface area contributed by atoms with Gasteiger partial charge in [0.15, 0.2) is 0 Å². The molecule has 1 unspecified atom stereocenters. The maximum absolute atomic E-state index is 12.3. The fourth-order valence-corrected chi connectivity index (χ4v) is 2.48. The monoisotopic (exact) mass is 313 g/mol. The summed E-state index contributed by atoms with van der Waals surface area (Å²) in [7, 11) is 0. The Kier molecular flexibility index (Phi) is 4.62. The number of nitrogen functional groups attached to an aromatic ring is 1. The number of aromatic nitrogens is 3. The summed E-state index contributed by atoms with van der Waals surface area (Å²) in [6.07, 6.45) is 3.33. The highest BCUT2D eigenvalue weighted by atomic mass is 16.2. The average Bonchev–Trinajstić information content (AvgIpc) is 2.61. The van der Waals surface area contributed by atoms with Gasteiger partial charge in [-0.05, 0) is 18.2 Å². The Bertz CT molecular complexity index is 664. The topological polar surface area (TPSA) is 109 Å². The average molecular weight is 313 g/mol. The highest BCUT2D eigenvalue weighted by Gasteiger charge is 2.26. The van der Waals surface area contributed by atoms with Gasteiger partial charge in [-0.2, -0.15) is 4.98 Å². The predicted molar refractivity (Wildman–Crippen MR) is 86.5 cm³/mol. The standard InChI is InChI=1S/C15H19N7O/c16-15-19-6-4-13(21-15)22-8-7-18-12(10-22)14(23)20-9-11-3-1-2-5-17-11/h1-6,12,18H,7-10H2,(H,20,23)(H2,16,19,21). The van der Waals surface area contributed by atoms with Gasteiger partial charge in [0.25, 0.3) is 0 Å². The summed E-state index contributed by atoms with van der Waals surface area (Å²) >= 11 is 0. The zero-order chi connectivity index (χ0) is 16.1. The van der Waals surface area contributed by atoms with E-state index in [1.54, 1.807) is 18.5 Å². The first-order valence-electron chi connectivity index (χ1n) is 7.47. The third-order valence-electron chi connectivity index (χ3n) is 3.65. The molecule has 1 atom stereocenters. The minimum absolute atomic E-state index is 0.0534. The van der Waals surface area contributed by atoms with Gasteiger partial charge in [0.1, 0.15) is 11.9 Å². The number of hydrogen-bond acceptors (Lipinski definition) is 7. The molecule has 8 nitrogen and oxygen atoms in total. The Hall–Kier alpha value is -2.74. The number of nitrogens with zero attached hydrogens (tertiary/aromatic N) is 4. The summed E-state index contributed by atoms with van der Waals surface area (Å²) in [5.41, 5.74) is 6.45. The Morgan fingerprint density at radius 2 is 2.26 bits per heavy atom. The molecule has 1 aliphatic rings. The van der Waals surface area contributed by atoms with Crippen molar-refractivity contribution in [3.63, 3.8) is 0 Å². The van der Waals surface area contributed by atoms with Crippen molar-refractivity contribution in [1.82, 2.24) is 25.6 Å². The SMILES string of the molecule is Nc1nccc(N2CCNC(C(=O)NCc3ccccn3)C2)n1. The van der Waals surface area contributed by atoms with Gasteiger partial charge >= 0.3 is 0 Å². The summed E-state index contributed by atoms with van der Waals surface area (Å²) in [5, 5.41) is 6.12. The number of amides is 1. The van der Waals surface area contributed by atoms with Crippen LogP contribution in [-0.2, 0) is 11.3 Å². The number of rotatable bonds is 4. The zero-order valence-corrected chi connectivity index (χ0v) is 12.6. The number of carbonyl (C=O) groups excluding carboxylic acids is 1. The predicted octanol–water partition coefficient (Wildman–Crippen LogP) is -0.452. The first-order valence-corrected chi connectivity index (χ1v) is 7.47. The Labute approximate surface area is 134 Å². The van der Waals surface area contributed by atoms with Crippen molar-refractivity contribution in [2.45, 2.75) is 12.6 Å². The van der Waals surface area contributed by atoms with E-state index in [2.05, 4.69) is 25.6 Å². The van der Waals surface area contributed by atoms with E-state index in [9.17, 15) is 4.79 Å². The third kappa shape index (κ3) is 3.92. The molecule has 2 aromatic heterocycles. The van der Waals surface area contributed by atoms with E-state index in [1.807, 2.05) is 23.1 Å². The zero-order valence-electron chi connectivity index (χ0n) is 12.6. The van der Waals surface area contributed by atoms with Gasteiger partial charge in [-0.25, -0.2) is 4.98 Å². The molecule has 23 heavy (non-hydrogen) atoms. The largest absolute Gasteiger partial charge is 0.368 e. The molecule has 1 amide bonds. The summed E-state index contributed by atoms with van der Waals surface area (Å²) in [6.45, 7) is 2.41. The van der Waals surface area contributed by atoms with Crippen LogP contribution in [0.4, 0.5) is 11.8 Å². The van der Waals surface area contributed by atoms with Gasteiger partial charge in [0.05, 0.1) is 12.2 Å². The Morgan fingerprint density at radius 3 is 3.04 bits per heavy atom. The first kappa shape index (κ1) is 15.2. The van der Waals surface area contributed by atoms with E-state index in [0.717, 1.165) is 18.1 Å². The van der Waals surface area contributed by atoms with Crippen LogP contribution in [0.2, 0.25) is 0 Å². The number of piperazine rings is 1. The summed E-state index contributed by atoms with van der Waals surface area (Å²) in [4.78, 5) is 26.6. The number of nitrogens with one attached hydrogen (secondary N) is 2. The summed E-state index contributed by atoms with van der Waals surface area (Å²) in [6, 6.07) is 7.12. The second-order valence-corrected chi connectivity index (χ2v) is 5.26. The quantitative estimate of drug-likeness (QED) is 0.701. The minimum atomic E-state index is -0.302. The molecule has 1 saturated heterocycles. The maximum Gasteiger partial charge on any atom is 0.239 e. The van der Waals surface area contributed by atoms with Gasteiger partial charge in [-0.1, -0.05) is 6.07 Å². The highest BCUT2D eigenvalue weighted by Crippen LogP contribution is 2.13. The molecule has 120 valence electrons.